The normalized spacial score (nSPS) is 36.5. The Morgan fingerprint density at radius 1 is 1.00 bits per heavy atom. The van der Waals surface area contributed by atoms with Gasteiger partial charge in [-0.25, -0.2) is 0 Å². The highest BCUT2D eigenvalue weighted by molar-refractivity contribution is 6.34. The van der Waals surface area contributed by atoms with Crippen LogP contribution in [0.15, 0.2) is 52.5 Å². The number of aliphatic hydroxyl groups excluding tert-OH is 2. The summed E-state index contributed by atoms with van der Waals surface area (Å²) in [7, 11) is 3.44. The highest BCUT2D eigenvalue weighted by Gasteiger charge is 2.53. The molecule has 1 spiro atoms. The first-order valence-corrected chi connectivity index (χ1v) is 19.8. The second kappa shape index (κ2) is 16.1. The van der Waals surface area contributed by atoms with Crippen LogP contribution in [0, 0.1) is 30.6 Å². The highest BCUT2D eigenvalue weighted by Crippen LogP contribution is 2.49. The van der Waals surface area contributed by atoms with E-state index in [1.807, 2.05) is 7.05 Å². The van der Waals surface area contributed by atoms with Crippen molar-refractivity contribution >= 4 is 29.2 Å². The number of amides is 1. The van der Waals surface area contributed by atoms with Gasteiger partial charge in [-0.1, -0.05) is 45.9 Å². The minimum atomic E-state index is -1.97. The van der Waals surface area contributed by atoms with E-state index in [1.54, 1.807) is 58.9 Å². The van der Waals surface area contributed by atoms with Crippen LogP contribution in [0.3, 0.4) is 0 Å². The number of hydrogen-bond donors (Lipinski definition) is 5. The molecule has 0 aromatic heterocycles. The molecule has 1 unspecified atom stereocenters. The van der Waals surface area contributed by atoms with E-state index in [1.165, 1.54) is 34.1 Å². The number of benzene rings is 1. The number of aliphatic hydroxyl groups is 2. The third kappa shape index (κ3) is 7.49. The predicted octanol–water partition coefficient (Wildman–Crippen LogP) is 3.24. The topological polar surface area (TPSA) is 206 Å². The number of carbonyl (C=O) groups is 4. The average molecular weight is 805 g/mol. The smallest absolute Gasteiger partial charge is 0.312 e. The zero-order valence-electron chi connectivity index (χ0n) is 34.8. The summed E-state index contributed by atoms with van der Waals surface area (Å²) in [4.78, 5) is 62.7. The molecule has 1 aliphatic carbocycles. The van der Waals surface area contributed by atoms with Crippen LogP contribution in [0.25, 0.3) is 0 Å². The summed E-state index contributed by atoms with van der Waals surface area (Å²) in [5.74, 6) is -7.26. The lowest BCUT2D eigenvalue weighted by Crippen LogP contribution is -2.51. The lowest BCUT2D eigenvalue weighted by atomic mass is 9.78. The maximum atomic E-state index is 14.6. The van der Waals surface area contributed by atoms with Crippen molar-refractivity contribution in [1.82, 2.24) is 15.5 Å². The van der Waals surface area contributed by atoms with Gasteiger partial charge in [-0.3, -0.25) is 24.2 Å². The number of methoxy groups -OCH3 is 1. The molecule has 5 N–H and O–H groups in total. The number of Topliss-reactive ketones (excluding diaryl/α,β-unsaturated/α-hetero) is 2. The molecule has 1 saturated heterocycles. The molecule has 15 heteroatoms. The molecule has 0 saturated carbocycles. The Kier molecular flexibility index (Phi) is 11.9. The summed E-state index contributed by atoms with van der Waals surface area (Å²) in [6.07, 6.45) is 4.56. The van der Waals surface area contributed by atoms with Crippen molar-refractivity contribution in [3.8, 4) is 11.5 Å². The number of aliphatic imine (C=N–C) groups is 1. The summed E-state index contributed by atoms with van der Waals surface area (Å²) >= 11 is 0. The second-order valence-corrected chi connectivity index (χ2v) is 16.7. The molecule has 1 amide bonds. The van der Waals surface area contributed by atoms with Crippen LogP contribution in [0.5, 0.6) is 11.5 Å². The minimum absolute atomic E-state index is 0.0110. The number of phenolic OH excluding ortho intramolecular Hbond substituents is 1. The molecular weight excluding hydrogens is 748 g/mol. The summed E-state index contributed by atoms with van der Waals surface area (Å²) in [5, 5.41) is 40.7. The van der Waals surface area contributed by atoms with Gasteiger partial charge < -0.3 is 49.8 Å². The molecule has 15 nitrogen and oxygen atoms in total. The Morgan fingerprint density at radius 2 is 1.71 bits per heavy atom. The number of likely N-dealkylation sites (tertiary alicyclic amines) is 1. The van der Waals surface area contributed by atoms with E-state index in [-0.39, 0.29) is 50.7 Å². The molecule has 1 fully saturated rings. The fourth-order valence-corrected chi connectivity index (χ4v) is 8.82. The van der Waals surface area contributed by atoms with E-state index in [4.69, 9.17) is 23.9 Å². The average Bonchev–Trinajstić information content (AvgIpc) is 3.67. The first kappa shape index (κ1) is 42.8. The van der Waals surface area contributed by atoms with Crippen molar-refractivity contribution in [3.63, 3.8) is 0 Å². The van der Waals surface area contributed by atoms with Crippen LogP contribution in [0.1, 0.15) is 86.7 Å². The molecule has 10 atom stereocenters. The third-order valence-corrected chi connectivity index (χ3v) is 12.4. The van der Waals surface area contributed by atoms with Gasteiger partial charge in [0.2, 0.25) is 5.78 Å². The fraction of sp³-hybridized carbons (Fsp3) is 0.558. The maximum Gasteiger partial charge on any atom is 0.312 e. The van der Waals surface area contributed by atoms with Gasteiger partial charge in [0, 0.05) is 81.0 Å². The lowest BCUT2D eigenvalue weighted by Gasteiger charge is -2.38. The number of aromatic hydroxyl groups is 1. The largest absolute Gasteiger partial charge is 0.507 e. The molecule has 1 aromatic rings. The second-order valence-electron chi connectivity index (χ2n) is 16.7. The molecule has 4 aliphatic heterocycles. The van der Waals surface area contributed by atoms with E-state index in [0.717, 1.165) is 6.54 Å². The van der Waals surface area contributed by atoms with Gasteiger partial charge in [0.1, 0.15) is 23.3 Å². The van der Waals surface area contributed by atoms with Crippen molar-refractivity contribution < 1.29 is 53.4 Å². The fourth-order valence-electron chi connectivity index (χ4n) is 8.82. The number of nitrogens with zero attached hydrogens (tertiary/aromatic N) is 2. The molecule has 58 heavy (non-hydrogen) atoms. The number of ketones is 2. The summed E-state index contributed by atoms with van der Waals surface area (Å²) in [6.45, 7) is 14.5. The Labute approximate surface area is 338 Å². The van der Waals surface area contributed by atoms with Crippen molar-refractivity contribution in [1.29, 1.82) is 0 Å². The van der Waals surface area contributed by atoms with Gasteiger partial charge in [-0.2, -0.15) is 0 Å². The Morgan fingerprint density at radius 3 is 2.34 bits per heavy atom. The zero-order chi connectivity index (χ0) is 42.6. The number of ether oxygens (including phenoxy) is 4. The Balaban J connectivity index is 1.51. The van der Waals surface area contributed by atoms with Crippen LogP contribution in [-0.2, 0) is 23.8 Å². The lowest BCUT2D eigenvalue weighted by molar-refractivity contribution is -0.160. The van der Waals surface area contributed by atoms with Gasteiger partial charge in [-0.15, -0.1) is 0 Å². The number of carbonyl (C=O) groups excluding carboxylic acids is 4. The monoisotopic (exact) mass is 804 g/mol. The molecule has 0 radical (unpaired) electrons. The quantitative estimate of drug-likeness (QED) is 0.273. The Bertz CT molecular complexity index is 2050. The number of rotatable bonds is 2. The van der Waals surface area contributed by atoms with E-state index in [0.29, 0.717) is 19.5 Å². The van der Waals surface area contributed by atoms with Gasteiger partial charge in [0.25, 0.3) is 11.7 Å². The molecular formula is C43H56N4O11. The number of nitrogens with one attached hydrogen (secondary N) is 2. The molecule has 314 valence electrons. The molecule has 6 rings (SSSR count). The predicted molar refractivity (Wildman–Crippen MR) is 213 cm³/mol. The van der Waals surface area contributed by atoms with E-state index in [9.17, 15) is 34.5 Å². The number of likely N-dealkylation sites (N-methyl/N-ethyl adjacent to an activating group) is 1. The first-order valence-electron chi connectivity index (χ1n) is 19.8. The summed E-state index contributed by atoms with van der Waals surface area (Å²) < 4.78 is 23.9. The van der Waals surface area contributed by atoms with E-state index < -0.39 is 88.6 Å². The van der Waals surface area contributed by atoms with Crippen LogP contribution in [-0.4, -0.2) is 119 Å². The van der Waals surface area contributed by atoms with Gasteiger partial charge >= 0.3 is 11.8 Å². The van der Waals surface area contributed by atoms with E-state index in [2.05, 4.69) is 15.5 Å². The number of esters is 1. The molecule has 5 bridgehead atoms. The van der Waals surface area contributed by atoms with Crippen molar-refractivity contribution in [2.45, 2.75) is 97.6 Å². The molecule has 1 aromatic carbocycles. The first-order chi connectivity index (χ1) is 27.3. The van der Waals surface area contributed by atoms with Crippen molar-refractivity contribution in [2.24, 2.45) is 28.7 Å². The van der Waals surface area contributed by atoms with Crippen molar-refractivity contribution in [3.05, 3.63) is 69.8 Å². The number of fused-ring (bicyclic) bond motifs is 3. The molecule has 5 aliphatic rings. The third-order valence-electron chi connectivity index (χ3n) is 12.4. The van der Waals surface area contributed by atoms with Gasteiger partial charge in [-0.05, 0) is 33.4 Å². The minimum Gasteiger partial charge on any atom is -0.507 e. The van der Waals surface area contributed by atoms with Crippen molar-refractivity contribution in [2.75, 3.05) is 33.8 Å². The van der Waals surface area contributed by atoms with Gasteiger partial charge in [0.05, 0.1) is 52.6 Å². The van der Waals surface area contributed by atoms with Gasteiger partial charge in [0.15, 0.2) is 0 Å². The van der Waals surface area contributed by atoms with Crippen LogP contribution in [0.4, 0.5) is 0 Å². The maximum absolute atomic E-state index is 14.6. The summed E-state index contributed by atoms with van der Waals surface area (Å²) in [5.41, 5.74) is -0.0275. The summed E-state index contributed by atoms with van der Waals surface area (Å²) in [6, 6.07) is 0. The zero-order valence-corrected chi connectivity index (χ0v) is 34.8. The number of allylic oxidation sites excluding steroid dienone is 4. The number of hydrogen-bond acceptors (Lipinski definition) is 14. The SMILES string of the molecule is CO[C@H]1/C=C/O[C@@]2(C)Oc3c(C)c(O)c4c(c3C2=O)C2=NC3(CCN(C)C3)CNC2=C(NC(=O)/C(C)=C\C=C\[C@H](C)[C@H](O)[C@@H](C)[C@@H](O)[C@@H](C)[C@H](OC(C)=O)[C@@H]1C)C4=O. The standard InChI is InChI=1S/C43H56N4O11/c1-20-12-11-13-21(2)41(54)45-33-32-31(46-43(18-44-32)15-16-47(9)19-43)28-29(37(33)52)36(51)25(6)39-30(28)40(53)42(8,58-39)56-17-14-27(55-10)22(3)38(57-26(7)48)24(5)35(50)23(4)34(20)49/h11-14,17,20,22-24,27,34-35,38,44,49-51H,15-16,18-19H2,1-10H3,(H,45,54)/b12-11+,17-14+,21-13-/t20-,22+,23+,24+,27-,34-,35+,38+,42-,43?/m0/s1. The molecule has 4 heterocycles. The highest BCUT2D eigenvalue weighted by atomic mass is 16.7. The van der Waals surface area contributed by atoms with Crippen LogP contribution < -0.4 is 15.4 Å². The van der Waals surface area contributed by atoms with Crippen LogP contribution in [0.2, 0.25) is 0 Å². The number of phenols is 1. The van der Waals surface area contributed by atoms with Crippen LogP contribution >= 0.6 is 0 Å². The Hall–Kier alpha value is -4.83. The van der Waals surface area contributed by atoms with E-state index >= 15 is 0 Å².